The number of amides is 1. The molecule has 2 aliphatic heterocycles. The van der Waals surface area contributed by atoms with Crippen LogP contribution in [0.5, 0.6) is 0 Å². The highest BCUT2D eigenvalue weighted by atomic mass is 32.1. The van der Waals surface area contributed by atoms with E-state index >= 15 is 0 Å². The van der Waals surface area contributed by atoms with E-state index in [-0.39, 0.29) is 11.9 Å². The van der Waals surface area contributed by atoms with Crippen LogP contribution in [-0.4, -0.2) is 59.5 Å². The Hall–Kier alpha value is -1.50. The SMILES string of the molecule is CCN1CCC(NC(=O)CN2CCCCC2c2nc3ccccc3s2)CC1. The molecule has 1 unspecified atom stereocenters. The molecule has 0 bridgehead atoms. The summed E-state index contributed by atoms with van der Waals surface area (Å²) < 4.78 is 1.24. The van der Waals surface area contributed by atoms with Crippen molar-refractivity contribution in [2.45, 2.75) is 51.1 Å². The van der Waals surface area contributed by atoms with E-state index in [9.17, 15) is 4.79 Å². The number of hydrogen-bond donors (Lipinski definition) is 1. The third-order valence-electron chi connectivity index (χ3n) is 5.96. The summed E-state index contributed by atoms with van der Waals surface area (Å²) in [6.07, 6.45) is 5.63. The fourth-order valence-electron chi connectivity index (χ4n) is 4.34. The maximum Gasteiger partial charge on any atom is 0.234 e. The van der Waals surface area contributed by atoms with Gasteiger partial charge in [-0.2, -0.15) is 0 Å². The molecule has 2 aromatic rings. The number of nitrogens with zero attached hydrogens (tertiary/aromatic N) is 3. The Balaban J connectivity index is 1.38. The number of piperidine rings is 2. The van der Waals surface area contributed by atoms with E-state index in [1.807, 2.05) is 6.07 Å². The second-order valence-electron chi connectivity index (χ2n) is 7.78. The molecule has 1 amide bonds. The van der Waals surface area contributed by atoms with Crippen molar-refractivity contribution in [2.24, 2.45) is 0 Å². The van der Waals surface area contributed by atoms with Crippen LogP contribution in [0.4, 0.5) is 0 Å². The lowest BCUT2D eigenvalue weighted by atomic mass is 10.0. The molecule has 6 heteroatoms. The fourth-order valence-corrected chi connectivity index (χ4v) is 5.48. The first-order chi connectivity index (χ1) is 13.2. The van der Waals surface area contributed by atoms with Crippen molar-refractivity contribution < 1.29 is 4.79 Å². The number of benzene rings is 1. The average molecular weight is 387 g/mol. The van der Waals surface area contributed by atoms with Gasteiger partial charge in [-0.1, -0.05) is 25.5 Å². The summed E-state index contributed by atoms with van der Waals surface area (Å²) in [7, 11) is 0. The Morgan fingerprint density at radius 2 is 2.00 bits per heavy atom. The maximum atomic E-state index is 12.7. The predicted molar refractivity (Wildman–Crippen MR) is 111 cm³/mol. The number of carbonyl (C=O) groups excluding carboxylic acids is 1. The van der Waals surface area contributed by atoms with Crippen molar-refractivity contribution in [1.82, 2.24) is 20.1 Å². The molecule has 3 heterocycles. The van der Waals surface area contributed by atoms with E-state index in [0.29, 0.717) is 12.6 Å². The Morgan fingerprint density at radius 1 is 1.19 bits per heavy atom. The van der Waals surface area contributed by atoms with Crippen molar-refractivity contribution >= 4 is 27.5 Å². The third-order valence-corrected chi connectivity index (χ3v) is 7.09. The van der Waals surface area contributed by atoms with Crippen LogP contribution in [0.15, 0.2) is 24.3 Å². The van der Waals surface area contributed by atoms with Gasteiger partial charge in [0.05, 0.1) is 22.8 Å². The van der Waals surface area contributed by atoms with Gasteiger partial charge in [0.2, 0.25) is 5.91 Å². The summed E-state index contributed by atoms with van der Waals surface area (Å²) in [4.78, 5) is 22.4. The number of para-hydroxylation sites is 1. The summed E-state index contributed by atoms with van der Waals surface area (Å²) >= 11 is 1.78. The molecular weight excluding hydrogens is 356 g/mol. The van der Waals surface area contributed by atoms with Gasteiger partial charge in [-0.3, -0.25) is 9.69 Å². The molecule has 1 aromatic carbocycles. The van der Waals surface area contributed by atoms with E-state index in [4.69, 9.17) is 4.98 Å². The largest absolute Gasteiger partial charge is 0.352 e. The molecule has 2 fully saturated rings. The van der Waals surface area contributed by atoms with Crippen LogP contribution >= 0.6 is 11.3 Å². The van der Waals surface area contributed by atoms with Gasteiger partial charge in [-0.25, -0.2) is 4.98 Å². The van der Waals surface area contributed by atoms with Crippen LogP contribution < -0.4 is 5.32 Å². The minimum Gasteiger partial charge on any atom is -0.352 e. The normalized spacial score (nSPS) is 22.9. The van der Waals surface area contributed by atoms with Crippen LogP contribution in [-0.2, 0) is 4.79 Å². The molecule has 1 aromatic heterocycles. The maximum absolute atomic E-state index is 12.7. The molecule has 27 heavy (non-hydrogen) atoms. The second-order valence-corrected chi connectivity index (χ2v) is 8.84. The minimum atomic E-state index is 0.179. The highest BCUT2D eigenvalue weighted by Gasteiger charge is 2.29. The van der Waals surface area contributed by atoms with E-state index in [0.717, 1.165) is 51.0 Å². The smallest absolute Gasteiger partial charge is 0.234 e. The summed E-state index contributed by atoms with van der Waals surface area (Å²) in [6.45, 7) is 6.99. The van der Waals surface area contributed by atoms with E-state index in [1.165, 1.54) is 22.5 Å². The first kappa shape index (κ1) is 18.8. The van der Waals surface area contributed by atoms with Gasteiger partial charge < -0.3 is 10.2 Å². The zero-order chi connectivity index (χ0) is 18.6. The molecule has 1 atom stereocenters. The molecule has 0 aliphatic carbocycles. The number of thiazole rings is 1. The molecule has 5 nitrogen and oxygen atoms in total. The molecule has 1 N–H and O–H groups in total. The topological polar surface area (TPSA) is 48.5 Å². The lowest BCUT2D eigenvalue weighted by Crippen LogP contribution is -2.48. The van der Waals surface area contributed by atoms with Gasteiger partial charge in [0, 0.05) is 19.1 Å². The van der Waals surface area contributed by atoms with Crippen LogP contribution in [0.2, 0.25) is 0 Å². The Bertz CT molecular complexity index is 735. The quantitative estimate of drug-likeness (QED) is 0.855. The molecule has 0 radical (unpaired) electrons. The first-order valence-electron chi connectivity index (χ1n) is 10.3. The number of nitrogens with one attached hydrogen (secondary N) is 1. The Labute approximate surface area is 165 Å². The lowest BCUT2D eigenvalue weighted by molar-refractivity contribution is -0.124. The Kier molecular flexibility index (Phi) is 6.05. The molecular formula is C21H30N4OS. The number of rotatable bonds is 5. The van der Waals surface area contributed by atoms with Gasteiger partial charge in [0.15, 0.2) is 0 Å². The van der Waals surface area contributed by atoms with Crippen molar-refractivity contribution in [3.8, 4) is 0 Å². The average Bonchev–Trinajstić information content (AvgIpc) is 3.13. The highest BCUT2D eigenvalue weighted by molar-refractivity contribution is 7.18. The number of aromatic nitrogens is 1. The summed E-state index contributed by atoms with van der Waals surface area (Å²) in [5.41, 5.74) is 1.08. The van der Waals surface area contributed by atoms with Gasteiger partial charge in [0.1, 0.15) is 5.01 Å². The number of hydrogen-bond acceptors (Lipinski definition) is 5. The molecule has 2 aliphatic rings. The molecule has 0 saturated carbocycles. The van der Waals surface area contributed by atoms with E-state index < -0.39 is 0 Å². The van der Waals surface area contributed by atoms with Crippen molar-refractivity contribution in [3.05, 3.63) is 29.3 Å². The molecule has 4 rings (SSSR count). The standard InChI is InChI=1S/C21H30N4OS/c1-2-24-13-10-16(11-14-24)22-20(26)15-25-12-6-5-8-18(25)21-23-17-7-3-4-9-19(17)27-21/h3-4,7,9,16,18H,2,5-6,8,10-15H2,1H3,(H,22,26). The van der Waals surface area contributed by atoms with Gasteiger partial charge in [0.25, 0.3) is 0 Å². The second kappa shape index (κ2) is 8.67. The fraction of sp³-hybridized carbons (Fsp3) is 0.619. The van der Waals surface area contributed by atoms with E-state index in [1.54, 1.807) is 11.3 Å². The first-order valence-corrected chi connectivity index (χ1v) is 11.2. The summed E-state index contributed by atoms with van der Waals surface area (Å²) in [6, 6.07) is 8.95. The van der Waals surface area contributed by atoms with Gasteiger partial charge in [-0.15, -0.1) is 11.3 Å². The molecule has 2 saturated heterocycles. The summed E-state index contributed by atoms with van der Waals surface area (Å²) in [5, 5.41) is 4.45. The molecule has 146 valence electrons. The van der Waals surface area contributed by atoms with Crippen LogP contribution in [0.1, 0.15) is 50.1 Å². The molecule has 0 spiro atoms. The summed E-state index contributed by atoms with van der Waals surface area (Å²) in [5.74, 6) is 0.179. The Morgan fingerprint density at radius 3 is 2.78 bits per heavy atom. The predicted octanol–water partition coefficient (Wildman–Crippen LogP) is 3.42. The van der Waals surface area contributed by atoms with Crippen molar-refractivity contribution in [1.29, 1.82) is 0 Å². The van der Waals surface area contributed by atoms with Crippen LogP contribution in [0.3, 0.4) is 0 Å². The number of likely N-dealkylation sites (tertiary alicyclic amines) is 2. The number of fused-ring (bicyclic) bond motifs is 1. The minimum absolute atomic E-state index is 0.179. The zero-order valence-electron chi connectivity index (χ0n) is 16.2. The van der Waals surface area contributed by atoms with Crippen molar-refractivity contribution in [3.63, 3.8) is 0 Å². The lowest BCUT2D eigenvalue weighted by Gasteiger charge is -2.35. The van der Waals surface area contributed by atoms with Crippen molar-refractivity contribution in [2.75, 3.05) is 32.7 Å². The van der Waals surface area contributed by atoms with E-state index in [2.05, 4.69) is 40.2 Å². The monoisotopic (exact) mass is 386 g/mol. The number of carbonyl (C=O) groups is 1. The van der Waals surface area contributed by atoms with Crippen LogP contribution in [0, 0.1) is 0 Å². The van der Waals surface area contributed by atoms with Gasteiger partial charge >= 0.3 is 0 Å². The highest BCUT2D eigenvalue weighted by Crippen LogP contribution is 2.35. The third kappa shape index (κ3) is 4.50. The zero-order valence-corrected chi connectivity index (χ0v) is 17.0. The van der Waals surface area contributed by atoms with Crippen LogP contribution in [0.25, 0.3) is 10.2 Å². The van der Waals surface area contributed by atoms with Gasteiger partial charge in [-0.05, 0) is 50.9 Å².